The SMILES string of the molecule is C=O.CCOC(=O)c1ccccc1C(=O)OCC.Oc1ccccc1. The molecular weight excluding hydrogens is 324 g/mol. The molecule has 0 aliphatic heterocycles. The lowest BCUT2D eigenvalue weighted by atomic mass is 10.1. The predicted octanol–water partition coefficient (Wildman–Crippen LogP) is 3.25. The van der Waals surface area contributed by atoms with Crippen LogP contribution in [0.1, 0.15) is 34.6 Å². The van der Waals surface area contributed by atoms with Gasteiger partial charge in [-0.1, -0.05) is 30.3 Å². The number of ether oxygens (including phenoxy) is 2. The van der Waals surface area contributed by atoms with Crippen molar-refractivity contribution in [1.82, 2.24) is 0 Å². The van der Waals surface area contributed by atoms with Crippen LogP contribution in [0.25, 0.3) is 0 Å². The van der Waals surface area contributed by atoms with Crippen LogP contribution in [0, 0.1) is 0 Å². The van der Waals surface area contributed by atoms with Crippen LogP contribution in [0.2, 0.25) is 0 Å². The molecule has 0 heterocycles. The highest BCUT2D eigenvalue weighted by Crippen LogP contribution is 2.11. The summed E-state index contributed by atoms with van der Waals surface area (Å²) in [6, 6.07) is 15.2. The van der Waals surface area contributed by atoms with Crippen molar-refractivity contribution in [1.29, 1.82) is 0 Å². The lowest BCUT2D eigenvalue weighted by Gasteiger charge is -2.07. The summed E-state index contributed by atoms with van der Waals surface area (Å²) in [6.07, 6.45) is 0. The molecule has 0 radical (unpaired) electrons. The highest BCUT2D eigenvalue weighted by Gasteiger charge is 2.17. The van der Waals surface area contributed by atoms with Gasteiger partial charge in [-0.2, -0.15) is 0 Å². The second kappa shape index (κ2) is 13.3. The van der Waals surface area contributed by atoms with Gasteiger partial charge in [0.1, 0.15) is 12.5 Å². The summed E-state index contributed by atoms with van der Waals surface area (Å²) in [4.78, 5) is 31.1. The Bertz CT molecular complexity index is 602. The van der Waals surface area contributed by atoms with Crippen molar-refractivity contribution in [2.24, 2.45) is 0 Å². The number of benzene rings is 2. The molecule has 134 valence electrons. The number of carbonyl (C=O) groups is 3. The summed E-state index contributed by atoms with van der Waals surface area (Å²) in [7, 11) is 0. The van der Waals surface area contributed by atoms with Crippen LogP contribution in [0.4, 0.5) is 0 Å². The van der Waals surface area contributed by atoms with Gasteiger partial charge in [-0.3, -0.25) is 0 Å². The summed E-state index contributed by atoms with van der Waals surface area (Å²) < 4.78 is 9.70. The lowest BCUT2D eigenvalue weighted by molar-refractivity contribution is -0.0980. The smallest absolute Gasteiger partial charge is 0.338 e. The summed E-state index contributed by atoms with van der Waals surface area (Å²) in [6.45, 7) is 5.97. The number of hydrogen-bond acceptors (Lipinski definition) is 6. The highest BCUT2D eigenvalue weighted by atomic mass is 16.5. The third-order valence-electron chi connectivity index (χ3n) is 2.67. The highest BCUT2D eigenvalue weighted by molar-refractivity contribution is 6.03. The molecule has 0 saturated carbocycles. The first-order chi connectivity index (χ1) is 12.1. The molecule has 0 atom stereocenters. The Morgan fingerprint density at radius 2 is 1.16 bits per heavy atom. The summed E-state index contributed by atoms with van der Waals surface area (Å²) in [5, 5.41) is 8.63. The molecule has 6 nitrogen and oxygen atoms in total. The molecule has 0 saturated heterocycles. The third-order valence-corrected chi connectivity index (χ3v) is 2.67. The summed E-state index contributed by atoms with van der Waals surface area (Å²) >= 11 is 0. The fourth-order valence-corrected chi connectivity index (χ4v) is 1.68. The van der Waals surface area contributed by atoms with E-state index in [0.717, 1.165) is 0 Å². The molecular formula is C19H22O6. The zero-order valence-electron chi connectivity index (χ0n) is 14.3. The van der Waals surface area contributed by atoms with Crippen molar-refractivity contribution in [2.75, 3.05) is 13.2 Å². The normalized spacial score (nSPS) is 8.72. The van der Waals surface area contributed by atoms with Crippen molar-refractivity contribution in [3.8, 4) is 5.75 Å². The molecule has 0 unspecified atom stereocenters. The molecule has 0 bridgehead atoms. The van der Waals surface area contributed by atoms with E-state index < -0.39 is 11.9 Å². The number of phenolic OH excluding ortho intramolecular Hbond substituents is 1. The van der Waals surface area contributed by atoms with Crippen LogP contribution in [0.3, 0.4) is 0 Å². The van der Waals surface area contributed by atoms with E-state index >= 15 is 0 Å². The van der Waals surface area contributed by atoms with Gasteiger partial charge in [-0.15, -0.1) is 0 Å². The fourth-order valence-electron chi connectivity index (χ4n) is 1.68. The Hall–Kier alpha value is -3.15. The second-order valence-corrected chi connectivity index (χ2v) is 4.32. The van der Waals surface area contributed by atoms with Crippen LogP contribution in [0.5, 0.6) is 5.75 Å². The van der Waals surface area contributed by atoms with E-state index in [9.17, 15) is 9.59 Å². The van der Waals surface area contributed by atoms with Crippen molar-refractivity contribution in [3.05, 3.63) is 65.7 Å². The number of esters is 2. The quantitative estimate of drug-likeness (QED) is 0.855. The number of aromatic hydroxyl groups is 1. The minimum Gasteiger partial charge on any atom is -0.508 e. The summed E-state index contributed by atoms with van der Waals surface area (Å²) in [5.41, 5.74) is 0.477. The Morgan fingerprint density at radius 1 is 0.800 bits per heavy atom. The maximum absolute atomic E-state index is 11.5. The number of phenols is 1. The number of para-hydroxylation sites is 1. The lowest BCUT2D eigenvalue weighted by Crippen LogP contribution is -2.13. The van der Waals surface area contributed by atoms with Crippen LogP contribution >= 0.6 is 0 Å². The number of hydrogen-bond donors (Lipinski definition) is 1. The van der Waals surface area contributed by atoms with Crippen molar-refractivity contribution in [3.63, 3.8) is 0 Å². The first kappa shape index (κ1) is 21.9. The van der Waals surface area contributed by atoms with Crippen molar-refractivity contribution < 1.29 is 29.0 Å². The van der Waals surface area contributed by atoms with E-state index in [1.54, 1.807) is 62.4 Å². The molecule has 2 aromatic rings. The monoisotopic (exact) mass is 346 g/mol. The minimum absolute atomic E-state index is 0.239. The Labute approximate surface area is 147 Å². The van der Waals surface area contributed by atoms with Gasteiger partial charge in [-0.05, 0) is 38.1 Å². The minimum atomic E-state index is -0.508. The maximum atomic E-state index is 11.5. The first-order valence-corrected chi connectivity index (χ1v) is 7.56. The maximum Gasteiger partial charge on any atom is 0.338 e. The number of carbonyl (C=O) groups excluding carboxylic acids is 3. The molecule has 0 amide bonds. The Morgan fingerprint density at radius 3 is 1.44 bits per heavy atom. The van der Waals surface area contributed by atoms with Crippen LogP contribution < -0.4 is 0 Å². The predicted molar refractivity (Wildman–Crippen MR) is 93.6 cm³/mol. The van der Waals surface area contributed by atoms with Gasteiger partial charge in [0.25, 0.3) is 0 Å². The van der Waals surface area contributed by atoms with Gasteiger partial charge in [-0.25, -0.2) is 9.59 Å². The average Bonchev–Trinajstić information content (AvgIpc) is 2.65. The number of rotatable bonds is 4. The van der Waals surface area contributed by atoms with Gasteiger partial charge >= 0.3 is 11.9 Å². The standard InChI is InChI=1S/C12H14O4.C6H6O.CH2O/c1-3-15-11(13)9-7-5-6-8-10(9)12(14)16-4-2;7-6-4-2-1-3-5-6;1-2/h5-8H,3-4H2,1-2H3;1-5,7H;1H2. The fraction of sp³-hybridized carbons (Fsp3) is 0.211. The van der Waals surface area contributed by atoms with Crippen LogP contribution in [0.15, 0.2) is 54.6 Å². The van der Waals surface area contributed by atoms with E-state index in [4.69, 9.17) is 19.4 Å². The molecule has 2 rings (SSSR count). The summed E-state index contributed by atoms with van der Waals surface area (Å²) in [5.74, 6) is -0.695. The van der Waals surface area contributed by atoms with E-state index in [0.29, 0.717) is 5.75 Å². The zero-order valence-corrected chi connectivity index (χ0v) is 14.3. The molecule has 6 heteroatoms. The molecule has 2 aromatic carbocycles. The topological polar surface area (TPSA) is 89.9 Å². The Kier molecular flexibility index (Phi) is 11.6. The van der Waals surface area contributed by atoms with Gasteiger partial charge in [0.15, 0.2) is 0 Å². The molecule has 0 fully saturated rings. The van der Waals surface area contributed by atoms with E-state index in [1.165, 1.54) is 0 Å². The molecule has 0 aliphatic rings. The van der Waals surface area contributed by atoms with Gasteiger partial charge < -0.3 is 19.4 Å². The van der Waals surface area contributed by atoms with Gasteiger partial charge in [0, 0.05) is 0 Å². The largest absolute Gasteiger partial charge is 0.508 e. The van der Waals surface area contributed by atoms with Crippen LogP contribution in [-0.2, 0) is 14.3 Å². The molecule has 1 N–H and O–H groups in total. The third kappa shape index (κ3) is 8.31. The van der Waals surface area contributed by atoms with Gasteiger partial charge in [0.05, 0.1) is 24.3 Å². The van der Waals surface area contributed by atoms with E-state index in [-0.39, 0.29) is 24.3 Å². The van der Waals surface area contributed by atoms with Gasteiger partial charge in [0.2, 0.25) is 0 Å². The van der Waals surface area contributed by atoms with E-state index in [2.05, 4.69) is 0 Å². The molecule has 0 spiro atoms. The first-order valence-electron chi connectivity index (χ1n) is 7.56. The van der Waals surface area contributed by atoms with Crippen molar-refractivity contribution in [2.45, 2.75) is 13.8 Å². The van der Waals surface area contributed by atoms with Crippen molar-refractivity contribution >= 4 is 18.7 Å². The second-order valence-electron chi connectivity index (χ2n) is 4.32. The molecule has 0 aliphatic carbocycles. The van der Waals surface area contributed by atoms with Crippen LogP contribution in [-0.4, -0.2) is 37.0 Å². The zero-order chi connectivity index (χ0) is 19.1. The average molecular weight is 346 g/mol. The molecule has 0 aromatic heterocycles. The molecule has 25 heavy (non-hydrogen) atoms. The Balaban J connectivity index is 0.000000530. The van der Waals surface area contributed by atoms with E-state index in [1.807, 2.05) is 12.9 Å².